The van der Waals surface area contributed by atoms with Crippen molar-refractivity contribution in [2.75, 3.05) is 23.9 Å². The van der Waals surface area contributed by atoms with Crippen LogP contribution in [-0.2, 0) is 11.4 Å². The lowest BCUT2D eigenvalue weighted by Crippen LogP contribution is -2.27. The van der Waals surface area contributed by atoms with Crippen molar-refractivity contribution in [3.05, 3.63) is 93.9 Å². The number of thiocarbonyl (C=S) groups is 1. The summed E-state index contributed by atoms with van der Waals surface area (Å²) in [5, 5.41) is 0.696. The molecule has 162 valence electrons. The number of rotatable bonds is 6. The molecule has 0 atom stereocenters. The van der Waals surface area contributed by atoms with Crippen LogP contribution >= 0.6 is 35.6 Å². The summed E-state index contributed by atoms with van der Waals surface area (Å²) in [6.45, 7) is 0.436. The second-order valence-corrected chi connectivity index (χ2v) is 9.53. The summed E-state index contributed by atoms with van der Waals surface area (Å²) in [7, 11) is 3.95. The van der Waals surface area contributed by atoms with Crippen LogP contribution in [0, 0.1) is 0 Å². The Balaban J connectivity index is 1.48. The maximum Gasteiger partial charge on any atom is 0.270 e. The Morgan fingerprint density at radius 3 is 2.47 bits per heavy atom. The maximum absolute atomic E-state index is 13.1. The summed E-state index contributed by atoms with van der Waals surface area (Å²) >= 11 is 12.7. The normalized spacial score (nSPS) is 14.8. The Bertz CT molecular complexity index is 1180. The number of anilines is 2. The third-order valence-corrected chi connectivity index (χ3v) is 6.45. The van der Waals surface area contributed by atoms with Crippen molar-refractivity contribution in [3.63, 3.8) is 0 Å². The largest absolute Gasteiger partial charge is 0.489 e. The summed E-state index contributed by atoms with van der Waals surface area (Å²) < 4.78 is 6.42. The second-order valence-electron chi connectivity index (χ2n) is 7.42. The Kier molecular flexibility index (Phi) is 6.84. The van der Waals surface area contributed by atoms with Gasteiger partial charge in [-0.3, -0.25) is 9.69 Å². The van der Waals surface area contributed by atoms with E-state index in [-0.39, 0.29) is 5.91 Å². The first-order valence-electron chi connectivity index (χ1n) is 9.93. The van der Waals surface area contributed by atoms with Gasteiger partial charge in [0.2, 0.25) is 0 Å². The van der Waals surface area contributed by atoms with E-state index in [1.807, 2.05) is 97.9 Å². The topological polar surface area (TPSA) is 32.8 Å². The van der Waals surface area contributed by atoms with Crippen molar-refractivity contribution in [2.24, 2.45) is 0 Å². The van der Waals surface area contributed by atoms with Crippen LogP contribution in [0.2, 0.25) is 5.02 Å². The smallest absolute Gasteiger partial charge is 0.270 e. The zero-order valence-corrected chi connectivity index (χ0v) is 20.0. The maximum atomic E-state index is 13.1. The van der Waals surface area contributed by atoms with E-state index in [1.165, 1.54) is 11.8 Å². The molecular weight excluding hydrogens is 460 g/mol. The van der Waals surface area contributed by atoms with Crippen molar-refractivity contribution in [1.82, 2.24) is 0 Å². The van der Waals surface area contributed by atoms with Gasteiger partial charge in [-0.1, -0.05) is 59.8 Å². The zero-order valence-electron chi connectivity index (χ0n) is 17.6. The van der Waals surface area contributed by atoms with Crippen LogP contribution in [0.25, 0.3) is 6.08 Å². The molecule has 4 nitrogen and oxygen atoms in total. The summed E-state index contributed by atoms with van der Waals surface area (Å²) in [4.78, 5) is 17.2. The minimum Gasteiger partial charge on any atom is -0.489 e. The van der Waals surface area contributed by atoms with E-state index < -0.39 is 0 Å². The fourth-order valence-electron chi connectivity index (χ4n) is 3.18. The van der Waals surface area contributed by atoms with Gasteiger partial charge < -0.3 is 9.64 Å². The molecule has 0 saturated carbocycles. The average molecular weight is 481 g/mol. The lowest BCUT2D eigenvalue weighted by atomic mass is 10.2. The minimum absolute atomic E-state index is 0.120. The van der Waals surface area contributed by atoms with Crippen molar-refractivity contribution >= 4 is 63.3 Å². The Hall–Kier alpha value is -2.80. The first kappa shape index (κ1) is 22.4. The number of carbonyl (C=O) groups excluding carboxylic acids is 1. The number of nitrogens with zero attached hydrogens (tertiary/aromatic N) is 2. The van der Waals surface area contributed by atoms with Gasteiger partial charge in [0.05, 0.1) is 10.6 Å². The molecule has 7 heteroatoms. The van der Waals surface area contributed by atoms with Gasteiger partial charge in [0.25, 0.3) is 5.91 Å². The highest BCUT2D eigenvalue weighted by atomic mass is 35.5. The van der Waals surface area contributed by atoms with E-state index in [9.17, 15) is 4.79 Å². The van der Waals surface area contributed by atoms with Crippen molar-refractivity contribution in [2.45, 2.75) is 6.61 Å². The molecule has 1 aliphatic rings. The first-order chi connectivity index (χ1) is 15.4. The number of halogens is 1. The monoisotopic (exact) mass is 480 g/mol. The van der Waals surface area contributed by atoms with E-state index in [0.717, 1.165) is 28.3 Å². The van der Waals surface area contributed by atoms with E-state index in [2.05, 4.69) is 0 Å². The van der Waals surface area contributed by atoms with Gasteiger partial charge >= 0.3 is 0 Å². The fourth-order valence-corrected chi connectivity index (χ4v) is 4.61. The van der Waals surface area contributed by atoms with Crippen LogP contribution in [-0.4, -0.2) is 24.3 Å². The number of hydrogen-bond acceptors (Lipinski definition) is 5. The molecule has 0 radical (unpaired) electrons. The molecule has 3 aromatic rings. The predicted octanol–water partition coefficient (Wildman–Crippen LogP) is 6.39. The molecular formula is C25H21ClN2O2S2. The predicted molar refractivity (Wildman–Crippen MR) is 139 cm³/mol. The Labute approximate surface area is 202 Å². The molecule has 0 aliphatic carbocycles. The molecule has 1 fully saturated rings. The lowest BCUT2D eigenvalue weighted by Gasteiger charge is -2.17. The SMILES string of the molecule is CN(C)c1ccc(N2C(=O)/C(=C\c3cccc(OCc4ccc(Cl)cc4)c3)SC2=S)cc1. The zero-order chi connectivity index (χ0) is 22.7. The molecule has 1 aliphatic heterocycles. The highest BCUT2D eigenvalue weighted by Gasteiger charge is 2.33. The van der Waals surface area contributed by atoms with Gasteiger partial charge in [0.1, 0.15) is 12.4 Å². The molecule has 3 aromatic carbocycles. The number of carbonyl (C=O) groups is 1. The number of thioether (sulfide) groups is 1. The molecule has 0 unspecified atom stereocenters. The van der Waals surface area contributed by atoms with Crippen LogP contribution in [0.1, 0.15) is 11.1 Å². The van der Waals surface area contributed by atoms with E-state index in [0.29, 0.717) is 20.9 Å². The second kappa shape index (κ2) is 9.77. The number of benzene rings is 3. The van der Waals surface area contributed by atoms with Crippen molar-refractivity contribution in [3.8, 4) is 5.75 Å². The number of hydrogen-bond donors (Lipinski definition) is 0. The molecule has 0 aromatic heterocycles. The lowest BCUT2D eigenvalue weighted by molar-refractivity contribution is -0.113. The van der Waals surface area contributed by atoms with Crippen LogP contribution < -0.4 is 14.5 Å². The summed E-state index contributed by atoms with van der Waals surface area (Å²) in [5.74, 6) is 0.605. The molecule has 4 rings (SSSR count). The quantitative estimate of drug-likeness (QED) is 0.301. The van der Waals surface area contributed by atoms with Gasteiger partial charge in [-0.25, -0.2) is 0 Å². The van der Waals surface area contributed by atoms with Crippen LogP contribution in [0.4, 0.5) is 11.4 Å². The summed E-state index contributed by atoms with van der Waals surface area (Å²) in [6.07, 6.45) is 1.85. The minimum atomic E-state index is -0.120. The third kappa shape index (κ3) is 5.15. The molecule has 1 saturated heterocycles. The van der Waals surface area contributed by atoms with Crippen LogP contribution in [0.5, 0.6) is 5.75 Å². The Morgan fingerprint density at radius 2 is 1.78 bits per heavy atom. The summed E-state index contributed by atoms with van der Waals surface area (Å²) in [5.41, 5.74) is 3.73. The first-order valence-corrected chi connectivity index (χ1v) is 11.5. The molecule has 1 heterocycles. The molecule has 0 N–H and O–H groups in total. The Morgan fingerprint density at radius 1 is 1.06 bits per heavy atom. The summed E-state index contributed by atoms with van der Waals surface area (Å²) in [6, 6.07) is 23.0. The van der Waals surface area contributed by atoms with E-state index >= 15 is 0 Å². The number of ether oxygens (including phenoxy) is 1. The van der Waals surface area contributed by atoms with Gasteiger partial charge in [0.15, 0.2) is 4.32 Å². The van der Waals surface area contributed by atoms with E-state index in [4.69, 9.17) is 28.6 Å². The van der Waals surface area contributed by atoms with Crippen LogP contribution in [0.15, 0.2) is 77.7 Å². The molecule has 0 bridgehead atoms. The highest BCUT2D eigenvalue weighted by molar-refractivity contribution is 8.27. The standard InChI is InChI=1S/C25H21ClN2O2S2/c1-27(2)20-10-12-21(13-11-20)28-24(29)23(32-25(28)31)15-18-4-3-5-22(14-18)30-16-17-6-8-19(26)9-7-17/h3-15H,16H2,1-2H3/b23-15+. The molecule has 1 amide bonds. The fraction of sp³-hybridized carbons (Fsp3) is 0.120. The average Bonchev–Trinajstić information content (AvgIpc) is 3.06. The van der Waals surface area contributed by atoms with Gasteiger partial charge in [-0.05, 0) is 65.7 Å². The molecule has 32 heavy (non-hydrogen) atoms. The van der Waals surface area contributed by atoms with Crippen molar-refractivity contribution in [1.29, 1.82) is 0 Å². The van der Waals surface area contributed by atoms with Gasteiger partial charge in [-0.15, -0.1) is 0 Å². The van der Waals surface area contributed by atoms with Gasteiger partial charge in [0, 0.05) is 24.8 Å². The van der Waals surface area contributed by atoms with Gasteiger partial charge in [-0.2, -0.15) is 0 Å². The van der Waals surface area contributed by atoms with Crippen molar-refractivity contribution < 1.29 is 9.53 Å². The van der Waals surface area contributed by atoms with E-state index in [1.54, 1.807) is 4.90 Å². The van der Waals surface area contributed by atoms with Crippen LogP contribution in [0.3, 0.4) is 0 Å². The molecule has 0 spiro atoms. The highest BCUT2D eigenvalue weighted by Crippen LogP contribution is 2.36. The third-order valence-electron chi connectivity index (χ3n) is 4.89. The number of amides is 1.